The van der Waals surface area contributed by atoms with Gasteiger partial charge in [-0.05, 0) is 69.5 Å². The number of rotatable bonds is 4. The van der Waals surface area contributed by atoms with Crippen LogP contribution in [0.2, 0.25) is 5.02 Å². The summed E-state index contributed by atoms with van der Waals surface area (Å²) < 4.78 is 5.72. The highest BCUT2D eigenvalue weighted by Gasteiger charge is 2.17. The fraction of sp³-hybridized carbons (Fsp3) is 0.316. The van der Waals surface area contributed by atoms with E-state index < -0.39 is 6.10 Å². The maximum Gasteiger partial charge on any atom is 0.265 e. The first-order chi connectivity index (χ1) is 10.8. The van der Waals surface area contributed by atoms with Gasteiger partial charge in [-0.1, -0.05) is 29.3 Å². The lowest BCUT2D eigenvalue weighted by molar-refractivity contribution is -0.122. The minimum Gasteiger partial charge on any atom is -0.481 e. The van der Waals surface area contributed by atoms with Gasteiger partial charge < -0.3 is 10.1 Å². The summed E-state index contributed by atoms with van der Waals surface area (Å²) in [5, 5.41) is 3.64. The third-order valence-corrected chi connectivity index (χ3v) is 4.16. The zero-order valence-corrected chi connectivity index (χ0v) is 14.9. The maximum atomic E-state index is 12.4. The predicted octanol–water partition coefficient (Wildman–Crippen LogP) is 4.98. The SMILES string of the molecule is Cc1cc(C)c(NC(=O)[C@H](C)Oc2ccc(Cl)c(C)c2)c(C)c1. The zero-order chi connectivity index (χ0) is 17.1. The topological polar surface area (TPSA) is 38.3 Å². The average Bonchev–Trinajstić information content (AvgIpc) is 2.46. The number of nitrogens with one attached hydrogen (secondary N) is 1. The van der Waals surface area contributed by atoms with Crippen molar-refractivity contribution in [1.82, 2.24) is 0 Å². The van der Waals surface area contributed by atoms with Crippen LogP contribution in [0.25, 0.3) is 0 Å². The molecule has 0 heterocycles. The molecule has 0 aromatic heterocycles. The molecule has 0 fully saturated rings. The van der Waals surface area contributed by atoms with Gasteiger partial charge in [0.15, 0.2) is 6.10 Å². The number of anilines is 1. The van der Waals surface area contributed by atoms with Gasteiger partial charge in [0.1, 0.15) is 5.75 Å². The van der Waals surface area contributed by atoms with E-state index in [-0.39, 0.29) is 5.91 Å². The van der Waals surface area contributed by atoms with Gasteiger partial charge in [0.2, 0.25) is 0 Å². The van der Waals surface area contributed by atoms with Crippen molar-refractivity contribution >= 4 is 23.2 Å². The summed E-state index contributed by atoms with van der Waals surface area (Å²) in [6.07, 6.45) is -0.601. The Kier molecular flexibility index (Phi) is 5.32. The van der Waals surface area contributed by atoms with Gasteiger partial charge in [-0.2, -0.15) is 0 Å². The Morgan fingerprint density at radius 3 is 2.22 bits per heavy atom. The Labute approximate surface area is 142 Å². The number of hydrogen-bond donors (Lipinski definition) is 1. The molecule has 0 aliphatic rings. The van der Waals surface area contributed by atoms with Crippen LogP contribution in [-0.4, -0.2) is 12.0 Å². The standard InChI is InChI=1S/C19H22ClNO2/c1-11-8-13(3)18(14(4)9-11)21-19(22)15(5)23-16-6-7-17(20)12(2)10-16/h6-10,15H,1-5H3,(H,21,22)/t15-/m0/s1. The van der Waals surface area contributed by atoms with Crippen LogP contribution in [0.5, 0.6) is 5.75 Å². The van der Waals surface area contributed by atoms with Gasteiger partial charge in [-0.25, -0.2) is 0 Å². The Balaban J connectivity index is 2.10. The van der Waals surface area contributed by atoms with Crippen LogP contribution in [-0.2, 0) is 4.79 Å². The molecular formula is C19H22ClNO2. The molecular weight excluding hydrogens is 310 g/mol. The van der Waals surface area contributed by atoms with Crippen molar-refractivity contribution < 1.29 is 9.53 Å². The van der Waals surface area contributed by atoms with Gasteiger partial charge >= 0.3 is 0 Å². The molecule has 0 aliphatic heterocycles. The summed E-state index contributed by atoms with van der Waals surface area (Å²) in [5.41, 5.74) is 5.04. The largest absolute Gasteiger partial charge is 0.481 e. The second kappa shape index (κ2) is 7.05. The summed E-state index contributed by atoms with van der Waals surface area (Å²) in [6, 6.07) is 9.47. The van der Waals surface area contributed by atoms with Crippen molar-refractivity contribution in [2.75, 3.05) is 5.32 Å². The quantitative estimate of drug-likeness (QED) is 0.858. The molecule has 2 rings (SSSR count). The first-order valence-electron chi connectivity index (χ1n) is 7.59. The molecule has 1 amide bonds. The minimum atomic E-state index is -0.601. The highest BCUT2D eigenvalue weighted by molar-refractivity contribution is 6.31. The number of hydrogen-bond acceptors (Lipinski definition) is 2. The molecule has 0 unspecified atom stereocenters. The van der Waals surface area contributed by atoms with E-state index in [0.717, 1.165) is 22.4 Å². The predicted molar refractivity (Wildman–Crippen MR) is 95.6 cm³/mol. The smallest absolute Gasteiger partial charge is 0.265 e. The molecule has 1 N–H and O–H groups in total. The molecule has 0 radical (unpaired) electrons. The zero-order valence-electron chi connectivity index (χ0n) is 14.2. The van der Waals surface area contributed by atoms with Crippen LogP contribution in [0, 0.1) is 27.7 Å². The Hall–Kier alpha value is -2.00. The third kappa shape index (κ3) is 4.26. The molecule has 122 valence electrons. The number of aryl methyl sites for hydroxylation is 4. The average molecular weight is 332 g/mol. The number of carbonyl (C=O) groups is 1. The first kappa shape index (κ1) is 17.4. The number of halogens is 1. The number of benzene rings is 2. The molecule has 2 aromatic rings. The maximum absolute atomic E-state index is 12.4. The molecule has 0 bridgehead atoms. The molecule has 1 atom stereocenters. The first-order valence-corrected chi connectivity index (χ1v) is 7.97. The molecule has 0 aliphatic carbocycles. The van der Waals surface area contributed by atoms with Crippen molar-refractivity contribution in [2.24, 2.45) is 0 Å². The van der Waals surface area contributed by atoms with Crippen LogP contribution in [0.1, 0.15) is 29.2 Å². The summed E-state index contributed by atoms with van der Waals surface area (Å²) in [4.78, 5) is 12.4. The van der Waals surface area contributed by atoms with E-state index in [9.17, 15) is 4.79 Å². The van der Waals surface area contributed by atoms with Crippen LogP contribution >= 0.6 is 11.6 Å². The lowest BCUT2D eigenvalue weighted by Gasteiger charge is -2.18. The monoisotopic (exact) mass is 331 g/mol. The van der Waals surface area contributed by atoms with Crippen molar-refractivity contribution in [3.63, 3.8) is 0 Å². The summed E-state index contributed by atoms with van der Waals surface area (Å²) in [5.74, 6) is 0.458. The summed E-state index contributed by atoms with van der Waals surface area (Å²) in [6.45, 7) is 9.66. The van der Waals surface area contributed by atoms with E-state index in [0.29, 0.717) is 10.8 Å². The second-order valence-electron chi connectivity index (χ2n) is 5.93. The molecule has 2 aromatic carbocycles. The minimum absolute atomic E-state index is 0.173. The molecule has 3 nitrogen and oxygen atoms in total. The van der Waals surface area contributed by atoms with E-state index in [4.69, 9.17) is 16.3 Å². The van der Waals surface area contributed by atoms with Crippen molar-refractivity contribution in [2.45, 2.75) is 40.7 Å². The lowest BCUT2D eigenvalue weighted by atomic mass is 10.0. The second-order valence-corrected chi connectivity index (χ2v) is 6.34. The Morgan fingerprint density at radius 1 is 1.04 bits per heavy atom. The van der Waals surface area contributed by atoms with Gasteiger partial charge in [-0.15, -0.1) is 0 Å². The number of ether oxygens (including phenoxy) is 1. The number of amides is 1. The highest BCUT2D eigenvalue weighted by Crippen LogP contribution is 2.24. The van der Waals surface area contributed by atoms with Gasteiger partial charge in [0.25, 0.3) is 5.91 Å². The summed E-state index contributed by atoms with van der Waals surface area (Å²) in [7, 11) is 0. The van der Waals surface area contributed by atoms with Crippen molar-refractivity contribution in [1.29, 1.82) is 0 Å². The van der Waals surface area contributed by atoms with Crippen LogP contribution in [0.4, 0.5) is 5.69 Å². The fourth-order valence-electron chi connectivity index (χ4n) is 2.55. The number of carbonyl (C=O) groups excluding carboxylic acids is 1. The Bertz CT molecular complexity index is 717. The van der Waals surface area contributed by atoms with Crippen LogP contribution < -0.4 is 10.1 Å². The van der Waals surface area contributed by atoms with E-state index in [1.165, 1.54) is 5.56 Å². The highest BCUT2D eigenvalue weighted by atomic mass is 35.5. The Morgan fingerprint density at radius 2 is 1.65 bits per heavy atom. The van der Waals surface area contributed by atoms with E-state index in [1.54, 1.807) is 19.1 Å². The molecule has 0 spiro atoms. The van der Waals surface area contributed by atoms with Gasteiger partial charge in [-0.3, -0.25) is 4.79 Å². The van der Waals surface area contributed by atoms with Crippen LogP contribution in [0.15, 0.2) is 30.3 Å². The van der Waals surface area contributed by atoms with Crippen LogP contribution in [0.3, 0.4) is 0 Å². The van der Waals surface area contributed by atoms with Gasteiger partial charge in [0, 0.05) is 10.7 Å². The molecule has 4 heteroatoms. The molecule has 0 saturated carbocycles. The van der Waals surface area contributed by atoms with E-state index in [1.807, 2.05) is 33.8 Å². The lowest BCUT2D eigenvalue weighted by Crippen LogP contribution is -2.30. The summed E-state index contributed by atoms with van der Waals surface area (Å²) >= 11 is 6.00. The molecule has 23 heavy (non-hydrogen) atoms. The van der Waals surface area contributed by atoms with Crippen molar-refractivity contribution in [3.05, 3.63) is 57.6 Å². The van der Waals surface area contributed by atoms with E-state index >= 15 is 0 Å². The van der Waals surface area contributed by atoms with E-state index in [2.05, 4.69) is 17.4 Å². The van der Waals surface area contributed by atoms with Crippen molar-refractivity contribution in [3.8, 4) is 5.75 Å². The molecule has 0 saturated heterocycles. The van der Waals surface area contributed by atoms with Gasteiger partial charge in [0.05, 0.1) is 0 Å². The third-order valence-electron chi connectivity index (χ3n) is 3.74. The normalized spacial score (nSPS) is 11.9. The fourth-order valence-corrected chi connectivity index (χ4v) is 2.67.